The standard InChI is InChI=1S/C11H14N2/c1-2-6-11(5-1)8-13-9-4-3-7-12-10(9)11/h3-4,7,13H,1-2,5-6,8H2. The maximum atomic E-state index is 4.53. The molecule has 0 bridgehead atoms. The number of fused-ring (bicyclic) bond motifs is 2. The molecule has 0 radical (unpaired) electrons. The molecule has 1 aromatic heterocycles. The van der Waals surface area contributed by atoms with Gasteiger partial charge in [0.15, 0.2) is 0 Å². The number of hydrogen-bond acceptors (Lipinski definition) is 2. The van der Waals surface area contributed by atoms with E-state index in [1.54, 1.807) is 0 Å². The fourth-order valence-electron chi connectivity index (χ4n) is 2.78. The molecular formula is C11H14N2. The van der Waals surface area contributed by atoms with Crippen LogP contribution in [0.15, 0.2) is 18.3 Å². The smallest absolute Gasteiger partial charge is 0.0713 e. The largest absolute Gasteiger partial charge is 0.383 e. The molecule has 3 rings (SSSR count). The summed E-state index contributed by atoms with van der Waals surface area (Å²) < 4.78 is 0. The summed E-state index contributed by atoms with van der Waals surface area (Å²) in [5.74, 6) is 0. The van der Waals surface area contributed by atoms with Crippen molar-refractivity contribution in [1.82, 2.24) is 4.98 Å². The Morgan fingerprint density at radius 3 is 3.00 bits per heavy atom. The van der Waals surface area contributed by atoms with Crippen LogP contribution in [0.3, 0.4) is 0 Å². The number of aromatic nitrogens is 1. The van der Waals surface area contributed by atoms with Crippen LogP contribution in [0.2, 0.25) is 0 Å². The van der Waals surface area contributed by atoms with Crippen molar-refractivity contribution >= 4 is 5.69 Å². The van der Waals surface area contributed by atoms with Crippen LogP contribution in [-0.2, 0) is 5.41 Å². The maximum Gasteiger partial charge on any atom is 0.0713 e. The van der Waals surface area contributed by atoms with Gasteiger partial charge in [0.2, 0.25) is 0 Å². The Labute approximate surface area is 78.4 Å². The van der Waals surface area contributed by atoms with Gasteiger partial charge >= 0.3 is 0 Å². The van der Waals surface area contributed by atoms with Crippen LogP contribution in [0.5, 0.6) is 0 Å². The van der Waals surface area contributed by atoms with Gasteiger partial charge in [0, 0.05) is 18.2 Å². The van der Waals surface area contributed by atoms with Gasteiger partial charge in [0.05, 0.1) is 11.4 Å². The SMILES string of the molecule is c1cnc2c(c1)NCC21CCCC1. The van der Waals surface area contributed by atoms with E-state index in [-0.39, 0.29) is 0 Å². The first-order valence-electron chi connectivity index (χ1n) is 5.10. The van der Waals surface area contributed by atoms with Gasteiger partial charge in [-0.25, -0.2) is 0 Å². The van der Waals surface area contributed by atoms with Gasteiger partial charge in [0.25, 0.3) is 0 Å². The quantitative estimate of drug-likeness (QED) is 0.653. The summed E-state index contributed by atoms with van der Waals surface area (Å²) >= 11 is 0. The highest BCUT2D eigenvalue weighted by Crippen LogP contribution is 2.46. The van der Waals surface area contributed by atoms with Crippen molar-refractivity contribution in [2.75, 3.05) is 11.9 Å². The Hall–Kier alpha value is -1.05. The molecule has 2 heterocycles. The molecule has 0 atom stereocenters. The topological polar surface area (TPSA) is 24.9 Å². The first-order chi connectivity index (χ1) is 6.41. The van der Waals surface area contributed by atoms with Gasteiger partial charge < -0.3 is 5.32 Å². The Bertz CT molecular complexity index is 327. The van der Waals surface area contributed by atoms with E-state index in [2.05, 4.69) is 16.4 Å². The first-order valence-corrected chi connectivity index (χ1v) is 5.10. The predicted molar refractivity (Wildman–Crippen MR) is 52.9 cm³/mol. The molecule has 1 aromatic rings. The number of hydrogen-bond donors (Lipinski definition) is 1. The summed E-state index contributed by atoms with van der Waals surface area (Å²) in [7, 11) is 0. The minimum absolute atomic E-state index is 0.399. The van der Waals surface area contributed by atoms with Gasteiger partial charge in [-0.15, -0.1) is 0 Å². The first kappa shape index (κ1) is 7.36. The van der Waals surface area contributed by atoms with E-state index in [1.165, 1.54) is 37.1 Å². The second kappa shape index (κ2) is 2.47. The van der Waals surface area contributed by atoms with Crippen molar-refractivity contribution in [3.63, 3.8) is 0 Å². The highest BCUT2D eigenvalue weighted by atomic mass is 15.0. The lowest BCUT2D eigenvalue weighted by Crippen LogP contribution is -2.24. The zero-order valence-electron chi connectivity index (χ0n) is 7.71. The van der Waals surface area contributed by atoms with Crippen molar-refractivity contribution in [3.05, 3.63) is 24.0 Å². The van der Waals surface area contributed by atoms with E-state index in [0.29, 0.717) is 5.41 Å². The van der Waals surface area contributed by atoms with Crippen molar-refractivity contribution in [3.8, 4) is 0 Å². The fourth-order valence-corrected chi connectivity index (χ4v) is 2.78. The summed E-state index contributed by atoms with van der Waals surface area (Å²) in [6.07, 6.45) is 7.31. The van der Waals surface area contributed by atoms with Crippen LogP contribution < -0.4 is 5.32 Å². The van der Waals surface area contributed by atoms with Crippen LogP contribution in [0, 0.1) is 0 Å². The molecule has 1 saturated carbocycles. The average molecular weight is 174 g/mol. The van der Waals surface area contributed by atoms with Crippen LogP contribution in [0.4, 0.5) is 5.69 Å². The average Bonchev–Trinajstić information content (AvgIpc) is 2.78. The second-order valence-corrected chi connectivity index (χ2v) is 4.24. The van der Waals surface area contributed by atoms with E-state index in [9.17, 15) is 0 Å². The third-order valence-electron chi connectivity index (χ3n) is 3.49. The molecule has 1 spiro atoms. The molecule has 0 amide bonds. The van der Waals surface area contributed by atoms with Crippen molar-refractivity contribution in [2.45, 2.75) is 31.1 Å². The van der Waals surface area contributed by atoms with Gasteiger partial charge in [-0.3, -0.25) is 4.98 Å². The minimum Gasteiger partial charge on any atom is -0.383 e. The Morgan fingerprint density at radius 1 is 1.31 bits per heavy atom. The molecule has 0 unspecified atom stereocenters. The molecule has 68 valence electrons. The van der Waals surface area contributed by atoms with Crippen molar-refractivity contribution in [2.24, 2.45) is 0 Å². The number of nitrogens with one attached hydrogen (secondary N) is 1. The minimum atomic E-state index is 0.399. The molecule has 0 saturated heterocycles. The van der Waals surface area contributed by atoms with Crippen LogP contribution in [0.25, 0.3) is 0 Å². The normalized spacial score (nSPS) is 23.1. The van der Waals surface area contributed by atoms with E-state index >= 15 is 0 Å². The summed E-state index contributed by atoms with van der Waals surface area (Å²) in [6, 6.07) is 4.16. The molecule has 2 aliphatic rings. The summed E-state index contributed by atoms with van der Waals surface area (Å²) in [4.78, 5) is 4.53. The molecule has 1 aliphatic heterocycles. The van der Waals surface area contributed by atoms with E-state index < -0.39 is 0 Å². The number of rotatable bonds is 0. The Kier molecular flexibility index (Phi) is 1.40. The second-order valence-electron chi connectivity index (χ2n) is 4.24. The molecule has 2 heteroatoms. The van der Waals surface area contributed by atoms with E-state index in [4.69, 9.17) is 0 Å². The lowest BCUT2D eigenvalue weighted by molar-refractivity contribution is 0.476. The van der Waals surface area contributed by atoms with Gasteiger partial charge in [0.1, 0.15) is 0 Å². The Balaban J connectivity index is 2.11. The van der Waals surface area contributed by atoms with Gasteiger partial charge in [-0.05, 0) is 25.0 Å². The zero-order chi connectivity index (χ0) is 8.73. The van der Waals surface area contributed by atoms with Crippen LogP contribution in [0.1, 0.15) is 31.4 Å². The zero-order valence-corrected chi connectivity index (χ0v) is 7.71. The molecule has 1 aliphatic carbocycles. The van der Waals surface area contributed by atoms with E-state index in [1.807, 2.05) is 12.3 Å². The molecule has 13 heavy (non-hydrogen) atoms. The van der Waals surface area contributed by atoms with Crippen LogP contribution >= 0.6 is 0 Å². The highest BCUT2D eigenvalue weighted by molar-refractivity contribution is 5.57. The molecule has 1 fully saturated rings. The lowest BCUT2D eigenvalue weighted by Gasteiger charge is -2.20. The van der Waals surface area contributed by atoms with Crippen molar-refractivity contribution < 1.29 is 0 Å². The molecule has 1 N–H and O–H groups in total. The third kappa shape index (κ3) is 0.916. The lowest BCUT2D eigenvalue weighted by atomic mass is 9.84. The van der Waals surface area contributed by atoms with Gasteiger partial charge in [-0.1, -0.05) is 12.8 Å². The number of pyridine rings is 1. The molecule has 0 aromatic carbocycles. The van der Waals surface area contributed by atoms with E-state index in [0.717, 1.165) is 6.54 Å². The monoisotopic (exact) mass is 174 g/mol. The summed E-state index contributed by atoms with van der Waals surface area (Å²) in [6.45, 7) is 1.11. The van der Waals surface area contributed by atoms with Gasteiger partial charge in [-0.2, -0.15) is 0 Å². The fraction of sp³-hybridized carbons (Fsp3) is 0.545. The number of anilines is 1. The van der Waals surface area contributed by atoms with Crippen molar-refractivity contribution in [1.29, 1.82) is 0 Å². The molecular weight excluding hydrogens is 160 g/mol. The highest BCUT2D eigenvalue weighted by Gasteiger charge is 2.42. The molecule has 2 nitrogen and oxygen atoms in total. The number of nitrogens with zero attached hydrogens (tertiary/aromatic N) is 1. The maximum absolute atomic E-state index is 4.53. The summed E-state index contributed by atoms with van der Waals surface area (Å²) in [5, 5.41) is 3.47. The third-order valence-corrected chi connectivity index (χ3v) is 3.49. The predicted octanol–water partition coefficient (Wildman–Crippen LogP) is 2.32. The Morgan fingerprint density at radius 2 is 2.15 bits per heavy atom. The van der Waals surface area contributed by atoms with Crippen LogP contribution in [-0.4, -0.2) is 11.5 Å². The summed E-state index contributed by atoms with van der Waals surface area (Å²) in [5.41, 5.74) is 2.99.